The van der Waals surface area contributed by atoms with Gasteiger partial charge < -0.3 is 14.6 Å². The summed E-state index contributed by atoms with van der Waals surface area (Å²) in [5.74, 6) is -0.181. The molecule has 32 heavy (non-hydrogen) atoms. The van der Waals surface area contributed by atoms with Crippen molar-refractivity contribution in [1.82, 2.24) is 9.88 Å². The number of halogens is 1. The summed E-state index contributed by atoms with van der Waals surface area (Å²) in [5, 5.41) is 4.76. The molecule has 4 nitrogen and oxygen atoms in total. The average Bonchev–Trinajstić information content (AvgIpc) is 3.17. The number of methoxy groups -OCH3 is 1. The molecule has 0 unspecified atom stereocenters. The molecule has 0 aliphatic heterocycles. The molecule has 0 saturated carbocycles. The molecule has 0 radical (unpaired) electrons. The number of para-hydroxylation sites is 1. The lowest BCUT2D eigenvalue weighted by Gasteiger charge is -2.18. The van der Waals surface area contributed by atoms with Crippen molar-refractivity contribution in [3.8, 4) is 0 Å². The van der Waals surface area contributed by atoms with Crippen LogP contribution in [0.15, 0.2) is 85.1 Å². The molecular formula is C27H27ClN2O2. The van der Waals surface area contributed by atoms with E-state index in [9.17, 15) is 4.79 Å². The minimum atomic E-state index is -0.159. The Morgan fingerprint density at radius 3 is 2.47 bits per heavy atom. The van der Waals surface area contributed by atoms with Crippen LogP contribution in [-0.2, 0) is 16.1 Å². The number of carbonyl (C=O) groups is 1. The van der Waals surface area contributed by atoms with Crippen molar-refractivity contribution in [1.29, 1.82) is 0 Å². The predicted octanol–water partition coefficient (Wildman–Crippen LogP) is 5.63. The van der Waals surface area contributed by atoms with E-state index in [2.05, 4.69) is 58.5 Å². The fourth-order valence-corrected chi connectivity index (χ4v) is 4.43. The van der Waals surface area contributed by atoms with Crippen molar-refractivity contribution in [2.45, 2.75) is 18.9 Å². The van der Waals surface area contributed by atoms with Gasteiger partial charge in [-0.15, -0.1) is 0 Å². The zero-order chi connectivity index (χ0) is 22.3. The topological polar surface area (TPSA) is 43.3 Å². The number of aromatic nitrogens is 1. The molecule has 1 atom stereocenters. The highest BCUT2D eigenvalue weighted by atomic mass is 35.5. The highest BCUT2D eigenvalue weighted by Gasteiger charge is 2.24. The van der Waals surface area contributed by atoms with Crippen LogP contribution in [0.25, 0.3) is 10.9 Å². The van der Waals surface area contributed by atoms with Gasteiger partial charge in [0, 0.05) is 54.7 Å². The van der Waals surface area contributed by atoms with Crippen molar-refractivity contribution in [2.24, 2.45) is 0 Å². The van der Waals surface area contributed by atoms with Crippen LogP contribution in [0.1, 0.15) is 29.0 Å². The van der Waals surface area contributed by atoms with Crippen LogP contribution in [0, 0.1) is 0 Å². The Kier molecular flexibility index (Phi) is 7.25. The lowest BCUT2D eigenvalue weighted by molar-refractivity contribution is -0.121. The first kappa shape index (κ1) is 22.1. The fourth-order valence-electron chi connectivity index (χ4n) is 4.16. The minimum Gasteiger partial charge on any atom is -0.383 e. The monoisotopic (exact) mass is 446 g/mol. The average molecular weight is 447 g/mol. The molecule has 0 bridgehead atoms. The van der Waals surface area contributed by atoms with E-state index >= 15 is 0 Å². The van der Waals surface area contributed by atoms with Gasteiger partial charge in [0.2, 0.25) is 5.91 Å². The summed E-state index contributed by atoms with van der Waals surface area (Å²) in [7, 11) is 1.63. The second-order valence-corrected chi connectivity index (χ2v) is 8.24. The number of ether oxygens (including phenoxy) is 1. The van der Waals surface area contributed by atoms with Gasteiger partial charge in [-0.05, 0) is 28.8 Å². The van der Waals surface area contributed by atoms with E-state index in [1.807, 2.05) is 36.4 Å². The molecule has 1 heterocycles. The van der Waals surface area contributed by atoms with Gasteiger partial charge in [-0.25, -0.2) is 0 Å². The van der Waals surface area contributed by atoms with E-state index in [1.54, 1.807) is 7.11 Å². The second-order valence-electron chi connectivity index (χ2n) is 7.84. The Labute approximate surface area is 193 Å². The molecule has 0 spiro atoms. The fraction of sp³-hybridized carbons (Fsp3) is 0.222. The SMILES string of the molecule is COCCNC(=O)C[C@H](c1ccccc1Cl)c1cn(Cc2ccccc2)c2ccccc12. The number of hydrogen-bond acceptors (Lipinski definition) is 2. The summed E-state index contributed by atoms with van der Waals surface area (Å²) in [6, 6.07) is 26.5. The van der Waals surface area contributed by atoms with Crippen LogP contribution in [0.2, 0.25) is 5.02 Å². The zero-order valence-electron chi connectivity index (χ0n) is 18.1. The third-order valence-corrected chi connectivity index (χ3v) is 6.03. The molecule has 0 aliphatic rings. The van der Waals surface area contributed by atoms with Gasteiger partial charge in [-0.2, -0.15) is 0 Å². The van der Waals surface area contributed by atoms with Gasteiger partial charge in [0.1, 0.15) is 0 Å². The number of benzene rings is 3. The lowest BCUT2D eigenvalue weighted by Crippen LogP contribution is -2.28. The van der Waals surface area contributed by atoms with Gasteiger partial charge in [-0.3, -0.25) is 4.79 Å². The number of carbonyl (C=O) groups excluding carboxylic acids is 1. The highest BCUT2D eigenvalue weighted by Crippen LogP contribution is 2.37. The first-order valence-corrected chi connectivity index (χ1v) is 11.2. The van der Waals surface area contributed by atoms with Crippen molar-refractivity contribution in [2.75, 3.05) is 20.3 Å². The van der Waals surface area contributed by atoms with Gasteiger partial charge in [0.05, 0.1) is 6.61 Å². The Hall–Kier alpha value is -3.08. The molecule has 164 valence electrons. The molecule has 0 fully saturated rings. The Morgan fingerprint density at radius 2 is 1.69 bits per heavy atom. The molecule has 4 rings (SSSR count). The summed E-state index contributed by atoms with van der Waals surface area (Å²) in [6.45, 7) is 1.73. The molecule has 4 aromatic rings. The summed E-state index contributed by atoms with van der Waals surface area (Å²) >= 11 is 6.61. The lowest BCUT2D eigenvalue weighted by atomic mass is 9.88. The Morgan fingerprint density at radius 1 is 0.969 bits per heavy atom. The normalized spacial score (nSPS) is 12.1. The third-order valence-electron chi connectivity index (χ3n) is 5.69. The van der Waals surface area contributed by atoms with Gasteiger partial charge in [0.25, 0.3) is 0 Å². The van der Waals surface area contributed by atoms with Gasteiger partial charge >= 0.3 is 0 Å². The number of nitrogens with zero attached hydrogens (tertiary/aromatic N) is 1. The van der Waals surface area contributed by atoms with E-state index in [-0.39, 0.29) is 11.8 Å². The second kappa shape index (κ2) is 10.5. The molecule has 1 aromatic heterocycles. The number of hydrogen-bond donors (Lipinski definition) is 1. The highest BCUT2D eigenvalue weighted by molar-refractivity contribution is 6.31. The Bertz CT molecular complexity index is 1190. The summed E-state index contributed by atoms with van der Waals surface area (Å²) in [5.41, 5.74) is 4.43. The number of amides is 1. The van der Waals surface area contributed by atoms with Crippen molar-refractivity contribution in [3.05, 3.63) is 107 Å². The number of fused-ring (bicyclic) bond motifs is 1. The van der Waals surface area contributed by atoms with E-state index in [0.717, 1.165) is 28.6 Å². The summed E-state index contributed by atoms with van der Waals surface area (Å²) in [6.07, 6.45) is 2.49. The third kappa shape index (κ3) is 5.04. The van der Waals surface area contributed by atoms with Crippen LogP contribution < -0.4 is 5.32 Å². The van der Waals surface area contributed by atoms with Crippen LogP contribution in [0.3, 0.4) is 0 Å². The van der Waals surface area contributed by atoms with Gasteiger partial charge in [-0.1, -0.05) is 78.3 Å². The van der Waals surface area contributed by atoms with Crippen LogP contribution in [0.5, 0.6) is 0 Å². The zero-order valence-corrected chi connectivity index (χ0v) is 18.9. The maximum absolute atomic E-state index is 12.8. The molecule has 0 saturated heterocycles. The standard InChI is InChI=1S/C27H27ClN2O2/c1-32-16-15-29-27(31)17-23(21-11-5-7-13-25(21)28)24-19-30(18-20-9-3-2-4-10-20)26-14-8-6-12-22(24)26/h2-14,19,23H,15-18H2,1H3,(H,29,31)/t23-/m1/s1. The first-order valence-electron chi connectivity index (χ1n) is 10.8. The maximum Gasteiger partial charge on any atom is 0.221 e. The van der Waals surface area contributed by atoms with E-state index < -0.39 is 0 Å². The maximum atomic E-state index is 12.8. The largest absolute Gasteiger partial charge is 0.383 e. The van der Waals surface area contributed by atoms with E-state index in [1.165, 1.54) is 5.56 Å². The quantitative estimate of drug-likeness (QED) is 0.339. The van der Waals surface area contributed by atoms with Crippen LogP contribution in [-0.4, -0.2) is 30.7 Å². The minimum absolute atomic E-state index is 0.0214. The predicted molar refractivity (Wildman–Crippen MR) is 130 cm³/mol. The summed E-state index contributed by atoms with van der Waals surface area (Å²) in [4.78, 5) is 12.8. The van der Waals surface area contributed by atoms with Crippen molar-refractivity contribution < 1.29 is 9.53 Å². The van der Waals surface area contributed by atoms with Crippen LogP contribution >= 0.6 is 11.6 Å². The molecule has 1 amide bonds. The Balaban J connectivity index is 1.76. The van der Waals surface area contributed by atoms with E-state index in [0.29, 0.717) is 24.6 Å². The van der Waals surface area contributed by atoms with E-state index in [4.69, 9.17) is 16.3 Å². The van der Waals surface area contributed by atoms with Crippen molar-refractivity contribution >= 4 is 28.4 Å². The number of rotatable bonds is 9. The first-order chi connectivity index (χ1) is 15.7. The molecular weight excluding hydrogens is 420 g/mol. The van der Waals surface area contributed by atoms with Crippen LogP contribution in [0.4, 0.5) is 0 Å². The smallest absolute Gasteiger partial charge is 0.221 e. The van der Waals surface area contributed by atoms with Gasteiger partial charge in [0.15, 0.2) is 0 Å². The summed E-state index contributed by atoms with van der Waals surface area (Å²) < 4.78 is 7.32. The molecule has 1 N–H and O–H groups in total. The number of nitrogens with one attached hydrogen (secondary N) is 1. The molecule has 5 heteroatoms. The molecule has 0 aliphatic carbocycles. The molecule has 3 aromatic carbocycles. The van der Waals surface area contributed by atoms with Crippen molar-refractivity contribution in [3.63, 3.8) is 0 Å².